The maximum absolute atomic E-state index is 13.0. The normalized spacial score (nSPS) is 11.4. The standard InChI is InChI=1S/C25H23NO4/c1-17-13-18(2)15-21(14-17)25(29)26-16-22(27)30-24(20-11-7-4-8-12-20)23(28)19-9-5-3-6-10-19/h3-15,24H,16H2,1-2H3,(H,26,29). The van der Waals surface area contributed by atoms with Crippen molar-refractivity contribution in [2.24, 2.45) is 0 Å². The summed E-state index contributed by atoms with van der Waals surface area (Å²) >= 11 is 0. The highest BCUT2D eigenvalue weighted by Gasteiger charge is 2.26. The summed E-state index contributed by atoms with van der Waals surface area (Å²) in [5.41, 5.74) is 3.40. The van der Waals surface area contributed by atoms with E-state index in [-0.39, 0.29) is 18.2 Å². The lowest BCUT2D eigenvalue weighted by molar-refractivity contribution is -0.146. The van der Waals surface area contributed by atoms with Crippen LogP contribution in [0.15, 0.2) is 78.9 Å². The number of carbonyl (C=O) groups excluding carboxylic acids is 3. The maximum atomic E-state index is 13.0. The highest BCUT2D eigenvalue weighted by molar-refractivity contribution is 6.01. The Kier molecular flexibility index (Phi) is 6.75. The molecular weight excluding hydrogens is 378 g/mol. The Morgan fingerprint density at radius 3 is 1.97 bits per heavy atom. The molecule has 0 heterocycles. The molecule has 0 aromatic heterocycles. The molecule has 0 bridgehead atoms. The first-order valence-corrected chi connectivity index (χ1v) is 9.64. The van der Waals surface area contributed by atoms with Crippen LogP contribution in [0.3, 0.4) is 0 Å². The van der Waals surface area contributed by atoms with E-state index in [0.717, 1.165) is 11.1 Å². The molecule has 0 aliphatic rings. The molecule has 0 fully saturated rings. The van der Waals surface area contributed by atoms with Crippen LogP contribution in [0, 0.1) is 13.8 Å². The Morgan fingerprint density at radius 2 is 1.37 bits per heavy atom. The highest BCUT2D eigenvalue weighted by atomic mass is 16.5. The molecule has 30 heavy (non-hydrogen) atoms. The second kappa shape index (κ2) is 9.65. The lowest BCUT2D eigenvalue weighted by Crippen LogP contribution is -2.32. The third-order valence-corrected chi connectivity index (χ3v) is 4.53. The summed E-state index contributed by atoms with van der Waals surface area (Å²) in [6, 6.07) is 22.9. The van der Waals surface area contributed by atoms with Crippen LogP contribution in [0.25, 0.3) is 0 Å². The summed E-state index contributed by atoms with van der Waals surface area (Å²) in [7, 11) is 0. The molecule has 3 aromatic carbocycles. The predicted molar refractivity (Wildman–Crippen MR) is 114 cm³/mol. The maximum Gasteiger partial charge on any atom is 0.326 e. The number of rotatable bonds is 7. The zero-order chi connectivity index (χ0) is 21.5. The molecule has 0 aliphatic carbocycles. The topological polar surface area (TPSA) is 72.5 Å². The van der Waals surface area contributed by atoms with Gasteiger partial charge in [-0.1, -0.05) is 77.9 Å². The van der Waals surface area contributed by atoms with Crippen molar-refractivity contribution in [1.82, 2.24) is 5.32 Å². The van der Waals surface area contributed by atoms with Gasteiger partial charge in [0.1, 0.15) is 6.54 Å². The molecule has 152 valence electrons. The van der Waals surface area contributed by atoms with Crippen molar-refractivity contribution in [1.29, 1.82) is 0 Å². The number of esters is 1. The van der Waals surface area contributed by atoms with Gasteiger partial charge in [-0.05, 0) is 26.0 Å². The summed E-state index contributed by atoms with van der Waals surface area (Å²) in [6.07, 6.45) is -1.08. The van der Waals surface area contributed by atoms with Gasteiger partial charge in [-0.25, -0.2) is 0 Å². The van der Waals surface area contributed by atoms with Crippen LogP contribution in [0.5, 0.6) is 0 Å². The van der Waals surface area contributed by atoms with Crippen molar-refractivity contribution in [3.8, 4) is 0 Å². The highest BCUT2D eigenvalue weighted by Crippen LogP contribution is 2.22. The molecule has 0 spiro atoms. The van der Waals surface area contributed by atoms with E-state index >= 15 is 0 Å². The fourth-order valence-corrected chi connectivity index (χ4v) is 3.19. The number of benzene rings is 3. The summed E-state index contributed by atoms with van der Waals surface area (Å²) in [4.78, 5) is 37.8. The van der Waals surface area contributed by atoms with Gasteiger partial charge < -0.3 is 10.1 Å². The smallest absolute Gasteiger partial charge is 0.326 e. The van der Waals surface area contributed by atoms with Crippen LogP contribution in [0.1, 0.15) is 43.5 Å². The van der Waals surface area contributed by atoms with Crippen molar-refractivity contribution in [2.45, 2.75) is 20.0 Å². The van der Waals surface area contributed by atoms with Crippen molar-refractivity contribution >= 4 is 17.7 Å². The summed E-state index contributed by atoms with van der Waals surface area (Å²) in [5, 5.41) is 2.56. The number of aryl methyl sites for hydroxylation is 2. The molecule has 5 heteroatoms. The monoisotopic (exact) mass is 401 g/mol. The Morgan fingerprint density at radius 1 is 0.800 bits per heavy atom. The van der Waals surface area contributed by atoms with Crippen LogP contribution in [0.4, 0.5) is 0 Å². The largest absolute Gasteiger partial charge is 0.448 e. The van der Waals surface area contributed by atoms with E-state index in [4.69, 9.17) is 4.74 Å². The van der Waals surface area contributed by atoms with Gasteiger partial charge in [0.05, 0.1) is 0 Å². The number of hydrogen-bond donors (Lipinski definition) is 1. The number of ketones is 1. The zero-order valence-corrected chi connectivity index (χ0v) is 16.9. The third kappa shape index (κ3) is 5.41. The number of hydrogen-bond acceptors (Lipinski definition) is 4. The Hall–Kier alpha value is -3.73. The molecule has 3 rings (SSSR count). The fourth-order valence-electron chi connectivity index (χ4n) is 3.19. The van der Waals surface area contributed by atoms with Crippen LogP contribution in [-0.4, -0.2) is 24.2 Å². The number of ether oxygens (including phenoxy) is 1. The predicted octanol–water partition coefficient (Wildman–Crippen LogP) is 4.20. The van der Waals surface area contributed by atoms with E-state index < -0.39 is 12.1 Å². The summed E-state index contributed by atoms with van der Waals surface area (Å²) < 4.78 is 5.48. The lowest BCUT2D eigenvalue weighted by Gasteiger charge is -2.18. The van der Waals surface area contributed by atoms with Crippen LogP contribution >= 0.6 is 0 Å². The fraction of sp³-hybridized carbons (Fsp3) is 0.160. The molecule has 1 N–H and O–H groups in total. The lowest BCUT2D eigenvalue weighted by atomic mass is 10.00. The van der Waals surface area contributed by atoms with Gasteiger partial charge in [0.2, 0.25) is 5.78 Å². The molecule has 0 saturated carbocycles. The molecule has 1 atom stereocenters. The minimum atomic E-state index is -1.08. The van der Waals surface area contributed by atoms with Gasteiger partial charge in [0.15, 0.2) is 6.10 Å². The Labute approximate surface area is 175 Å². The van der Waals surface area contributed by atoms with Gasteiger partial charge in [-0.3, -0.25) is 14.4 Å². The second-order valence-corrected chi connectivity index (χ2v) is 7.07. The van der Waals surface area contributed by atoms with E-state index in [1.54, 1.807) is 60.7 Å². The average molecular weight is 401 g/mol. The Bertz CT molecular complexity index is 1030. The quantitative estimate of drug-likeness (QED) is 0.476. The van der Waals surface area contributed by atoms with Crippen LogP contribution in [0.2, 0.25) is 0 Å². The molecule has 0 aliphatic heterocycles. The molecule has 5 nitrogen and oxygen atoms in total. The van der Waals surface area contributed by atoms with Gasteiger partial charge in [0.25, 0.3) is 5.91 Å². The van der Waals surface area contributed by atoms with Gasteiger partial charge >= 0.3 is 5.97 Å². The molecule has 1 unspecified atom stereocenters. The molecule has 1 amide bonds. The molecule has 0 radical (unpaired) electrons. The summed E-state index contributed by atoms with van der Waals surface area (Å²) in [5.74, 6) is -1.38. The van der Waals surface area contributed by atoms with Crippen molar-refractivity contribution in [2.75, 3.05) is 6.54 Å². The number of nitrogens with one attached hydrogen (secondary N) is 1. The van der Waals surface area contributed by atoms with E-state index in [2.05, 4.69) is 5.32 Å². The first-order valence-electron chi connectivity index (χ1n) is 9.64. The first-order chi connectivity index (χ1) is 14.4. The molecule has 3 aromatic rings. The molecule has 0 saturated heterocycles. The van der Waals surface area contributed by atoms with Crippen molar-refractivity contribution in [3.05, 3.63) is 107 Å². The first kappa shape index (κ1) is 21.0. The third-order valence-electron chi connectivity index (χ3n) is 4.53. The van der Waals surface area contributed by atoms with E-state index in [1.165, 1.54) is 0 Å². The summed E-state index contributed by atoms with van der Waals surface area (Å²) in [6.45, 7) is 3.46. The number of amides is 1. The minimum Gasteiger partial charge on any atom is -0.448 e. The van der Waals surface area contributed by atoms with Crippen LogP contribution in [-0.2, 0) is 9.53 Å². The van der Waals surface area contributed by atoms with E-state index in [9.17, 15) is 14.4 Å². The number of Topliss-reactive ketones (excluding diaryl/α,β-unsaturated/α-hetero) is 1. The average Bonchev–Trinajstić information content (AvgIpc) is 2.76. The second-order valence-electron chi connectivity index (χ2n) is 7.07. The van der Waals surface area contributed by atoms with Gasteiger partial charge in [0, 0.05) is 16.7 Å². The minimum absolute atomic E-state index is 0.323. The van der Waals surface area contributed by atoms with Gasteiger partial charge in [-0.2, -0.15) is 0 Å². The SMILES string of the molecule is Cc1cc(C)cc(C(=O)NCC(=O)OC(C(=O)c2ccccc2)c2ccccc2)c1. The zero-order valence-electron chi connectivity index (χ0n) is 16.9. The number of carbonyl (C=O) groups is 3. The van der Waals surface area contributed by atoms with Crippen molar-refractivity contribution in [3.63, 3.8) is 0 Å². The van der Waals surface area contributed by atoms with E-state index in [0.29, 0.717) is 16.7 Å². The van der Waals surface area contributed by atoms with E-state index in [1.807, 2.05) is 32.0 Å². The van der Waals surface area contributed by atoms with Crippen LogP contribution < -0.4 is 5.32 Å². The molecular formula is C25H23NO4. The van der Waals surface area contributed by atoms with Gasteiger partial charge in [-0.15, -0.1) is 0 Å². The Balaban J connectivity index is 1.70. The van der Waals surface area contributed by atoms with Crippen molar-refractivity contribution < 1.29 is 19.1 Å².